The van der Waals surface area contributed by atoms with Crippen molar-refractivity contribution in [1.29, 1.82) is 0 Å². The van der Waals surface area contributed by atoms with Crippen LogP contribution in [-0.2, 0) is 13.8 Å². The predicted molar refractivity (Wildman–Crippen MR) is 68.5 cm³/mol. The summed E-state index contributed by atoms with van der Waals surface area (Å²) >= 11 is 0. The monoisotopic (exact) mass is 270 g/mol. The maximum Gasteiger partial charge on any atom is 0.232 e. The molecule has 0 rings (SSSR count). The lowest BCUT2D eigenvalue weighted by molar-refractivity contribution is 0.126. The smallest absolute Gasteiger partial charge is 0.232 e. The zero-order valence-electron chi connectivity index (χ0n) is 10.1. The van der Waals surface area contributed by atoms with E-state index >= 15 is 0 Å². The molecule has 0 aromatic rings. The lowest BCUT2D eigenvalue weighted by Gasteiger charge is -2.03. The number of unbranched alkanes of at least 4 members (excludes halogenated alkanes) is 5. The SMILES string of the molecule is CCCCCOCCCCCCS(=O)(=O)Cl. The van der Waals surface area contributed by atoms with Gasteiger partial charge in [-0.3, -0.25) is 0 Å². The first-order valence-electron chi connectivity index (χ1n) is 6.06. The van der Waals surface area contributed by atoms with Crippen LogP contribution in [0.2, 0.25) is 0 Å². The van der Waals surface area contributed by atoms with Gasteiger partial charge < -0.3 is 4.74 Å². The fourth-order valence-electron chi connectivity index (χ4n) is 1.39. The molecule has 3 nitrogen and oxygen atoms in total. The summed E-state index contributed by atoms with van der Waals surface area (Å²) in [5, 5.41) is 0. The summed E-state index contributed by atoms with van der Waals surface area (Å²) in [6.45, 7) is 3.81. The van der Waals surface area contributed by atoms with Gasteiger partial charge in [0.25, 0.3) is 0 Å². The summed E-state index contributed by atoms with van der Waals surface area (Å²) in [6, 6.07) is 0. The van der Waals surface area contributed by atoms with Gasteiger partial charge in [-0.25, -0.2) is 8.42 Å². The van der Waals surface area contributed by atoms with Crippen LogP contribution in [0.4, 0.5) is 0 Å². The van der Waals surface area contributed by atoms with Gasteiger partial charge in [0.05, 0.1) is 5.75 Å². The second kappa shape index (κ2) is 10.4. The minimum Gasteiger partial charge on any atom is -0.381 e. The molecule has 0 heterocycles. The van der Waals surface area contributed by atoms with Crippen LogP contribution in [0.5, 0.6) is 0 Å². The van der Waals surface area contributed by atoms with Crippen LogP contribution >= 0.6 is 10.7 Å². The van der Waals surface area contributed by atoms with Gasteiger partial charge in [0.1, 0.15) is 0 Å². The quantitative estimate of drug-likeness (QED) is 0.427. The fraction of sp³-hybridized carbons (Fsp3) is 1.00. The summed E-state index contributed by atoms with van der Waals surface area (Å²) < 4.78 is 26.7. The Morgan fingerprint density at radius 1 is 0.938 bits per heavy atom. The molecular formula is C11H23ClO3S. The van der Waals surface area contributed by atoms with Gasteiger partial charge in [0.15, 0.2) is 0 Å². The van der Waals surface area contributed by atoms with E-state index in [1.165, 1.54) is 12.8 Å². The summed E-state index contributed by atoms with van der Waals surface area (Å²) in [5.74, 6) is 0.0892. The van der Waals surface area contributed by atoms with Crippen LogP contribution in [0.15, 0.2) is 0 Å². The van der Waals surface area contributed by atoms with Gasteiger partial charge in [0.2, 0.25) is 9.05 Å². The Hall–Kier alpha value is 0.200. The maximum atomic E-state index is 10.6. The molecule has 98 valence electrons. The first kappa shape index (κ1) is 16.2. The predicted octanol–water partition coefficient (Wildman–Crippen LogP) is 3.32. The standard InChI is InChI=1S/C11H23ClO3S/c1-2-3-6-9-15-10-7-4-5-8-11-16(12,13)14/h2-11H2,1H3. The second-order valence-corrected chi connectivity index (χ2v) is 6.87. The second-order valence-electron chi connectivity index (χ2n) is 3.98. The highest BCUT2D eigenvalue weighted by Crippen LogP contribution is 2.05. The van der Waals surface area contributed by atoms with Crippen LogP contribution in [0, 0.1) is 0 Å². The Labute approximate surface area is 104 Å². The third-order valence-corrected chi connectivity index (χ3v) is 3.56. The molecule has 0 bridgehead atoms. The van der Waals surface area contributed by atoms with E-state index in [1.807, 2.05) is 0 Å². The topological polar surface area (TPSA) is 43.4 Å². The van der Waals surface area contributed by atoms with Crippen molar-refractivity contribution in [3.63, 3.8) is 0 Å². The van der Waals surface area contributed by atoms with Gasteiger partial charge in [-0.05, 0) is 19.3 Å². The lowest BCUT2D eigenvalue weighted by atomic mass is 10.2. The van der Waals surface area contributed by atoms with E-state index in [2.05, 4.69) is 6.92 Å². The third kappa shape index (κ3) is 14.2. The van der Waals surface area contributed by atoms with E-state index < -0.39 is 9.05 Å². The first-order chi connectivity index (χ1) is 7.56. The van der Waals surface area contributed by atoms with E-state index in [-0.39, 0.29) is 5.75 Å². The highest BCUT2D eigenvalue weighted by Gasteiger charge is 2.03. The van der Waals surface area contributed by atoms with E-state index in [0.29, 0.717) is 6.42 Å². The number of rotatable bonds is 11. The van der Waals surface area contributed by atoms with Gasteiger partial charge >= 0.3 is 0 Å². The Morgan fingerprint density at radius 2 is 1.50 bits per heavy atom. The number of ether oxygens (including phenoxy) is 1. The van der Waals surface area contributed by atoms with Crippen molar-refractivity contribution in [2.24, 2.45) is 0 Å². The van der Waals surface area contributed by atoms with Crippen LogP contribution in [0.25, 0.3) is 0 Å². The highest BCUT2D eigenvalue weighted by molar-refractivity contribution is 8.13. The number of hydrogen-bond donors (Lipinski definition) is 0. The molecule has 0 unspecified atom stereocenters. The number of halogens is 1. The molecule has 0 aromatic carbocycles. The third-order valence-electron chi connectivity index (χ3n) is 2.32. The highest BCUT2D eigenvalue weighted by atomic mass is 35.7. The largest absolute Gasteiger partial charge is 0.381 e. The van der Waals surface area contributed by atoms with Crippen molar-refractivity contribution < 1.29 is 13.2 Å². The molecule has 0 radical (unpaired) electrons. The minimum atomic E-state index is -3.29. The van der Waals surface area contributed by atoms with E-state index in [4.69, 9.17) is 15.4 Å². The zero-order valence-corrected chi connectivity index (χ0v) is 11.7. The summed E-state index contributed by atoms with van der Waals surface area (Å²) in [5.41, 5.74) is 0. The van der Waals surface area contributed by atoms with Crippen molar-refractivity contribution in [2.75, 3.05) is 19.0 Å². The minimum absolute atomic E-state index is 0.0892. The molecule has 0 aromatic heterocycles. The maximum absolute atomic E-state index is 10.6. The van der Waals surface area contributed by atoms with Gasteiger partial charge in [-0.1, -0.05) is 32.6 Å². The molecule has 0 N–H and O–H groups in total. The average Bonchev–Trinajstić information content (AvgIpc) is 2.19. The Bertz CT molecular complexity index is 240. The number of hydrogen-bond acceptors (Lipinski definition) is 3. The Morgan fingerprint density at radius 3 is 2.06 bits per heavy atom. The summed E-state index contributed by atoms with van der Waals surface area (Å²) in [4.78, 5) is 0. The molecule has 0 fully saturated rings. The zero-order chi connectivity index (χ0) is 12.3. The summed E-state index contributed by atoms with van der Waals surface area (Å²) in [6.07, 6.45) is 7.17. The van der Waals surface area contributed by atoms with Crippen molar-refractivity contribution >= 4 is 19.7 Å². The van der Waals surface area contributed by atoms with E-state index in [0.717, 1.165) is 38.9 Å². The average molecular weight is 271 g/mol. The van der Waals surface area contributed by atoms with Gasteiger partial charge in [-0.2, -0.15) is 0 Å². The molecule has 0 aliphatic carbocycles. The normalized spacial score (nSPS) is 11.9. The molecule has 0 spiro atoms. The molecule has 0 saturated heterocycles. The van der Waals surface area contributed by atoms with Crippen molar-refractivity contribution in [3.8, 4) is 0 Å². The fourth-order valence-corrected chi connectivity index (χ4v) is 2.26. The molecule has 0 aliphatic heterocycles. The van der Waals surface area contributed by atoms with Crippen LogP contribution in [0.3, 0.4) is 0 Å². The van der Waals surface area contributed by atoms with Crippen molar-refractivity contribution in [1.82, 2.24) is 0 Å². The molecule has 0 atom stereocenters. The van der Waals surface area contributed by atoms with Crippen LogP contribution in [0.1, 0.15) is 51.9 Å². The van der Waals surface area contributed by atoms with E-state index in [9.17, 15) is 8.42 Å². The molecule has 5 heteroatoms. The van der Waals surface area contributed by atoms with Crippen LogP contribution in [-0.4, -0.2) is 27.4 Å². The van der Waals surface area contributed by atoms with Gasteiger partial charge in [-0.15, -0.1) is 0 Å². The van der Waals surface area contributed by atoms with Crippen molar-refractivity contribution in [3.05, 3.63) is 0 Å². The Balaban J connectivity index is 3.05. The molecule has 0 amide bonds. The molecule has 16 heavy (non-hydrogen) atoms. The van der Waals surface area contributed by atoms with Crippen molar-refractivity contribution in [2.45, 2.75) is 51.9 Å². The Kier molecular flexibility index (Phi) is 10.5. The van der Waals surface area contributed by atoms with Crippen LogP contribution < -0.4 is 0 Å². The molecular weight excluding hydrogens is 248 g/mol. The first-order valence-corrected chi connectivity index (χ1v) is 8.54. The molecule has 0 aliphatic rings. The van der Waals surface area contributed by atoms with Gasteiger partial charge in [0, 0.05) is 23.9 Å². The molecule has 0 saturated carbocycles. The lowest BCUT2D eigenvalue weighted by Crippen LogP contribution is -1.99. The summed E-state index contributed by atoms with van der Waals surface area (Å²) in [7, 11) is 1.80. The van der Waals surface area contributed by atoms with E-state index in [1.54, 1.807) is 0 Å².